The zero-order valence-electron chi connectivity index (χ0n) is 16.3. The van der Waals surface area contributed by atoms with Gasteiger partial charge in [-0.25, -0.2) is 0 Å². The molecule has 2 amide bonds. The Hall–Kier alpha value is -2.60. The largest absolute Gasteiger partial charge is 0.459 e. The highest BCUT2D eigenvalue weighted by molar-refractivity contribution is 6.03. The van der Waals surface area contributed by atoms with Crippen LogP contribution in [-0.4, -0.2) is 31.1 Å². The number of aryl methyl sites for hydroxylation is 1. The Morgan fingerprint density at radius 1 is 1.14 bits per heavy atom. The Morgan fingerprint density at radius 2 is 1.96 bits per heavy atom. The number of benzene rings is 1. The Bertz CT molecular complexity index is 780. The van der Waals surface area contributed by atoms with Crippen LogP contribution in [0.25, 0.3) is 0 Å². The topological polar surface area (TPSA) is 80.6 Å². The summed E-state index contributed by atoms with van der Waals surface area (Å²) < 4.78 is 11.0. The number of anilines is 1. The molecule has 1 fully saturated rings. The van der Waals surface area contributed by atoms with Gasteiger partial charge in [-0.2, -0.15) is 0 Å². The van der Waals surface area contributed by atoms with Gasteiger partial charge < -0.3 is 19.8 Å². The summed E-state index contributed by atoms with van der Waals surface area (Å²) in [5, 5.41) is 5.70. The highest BCUT2D eigenvalue weighted by Gasteiger charge is 2.14. The maximum absolute atomic E-state index is 12.4. The molecule has 0 bridgehead atoms. The van der Waals surface area contributed by atoms with Gasteiger partial charge in [-0.15, -0.1) is 0 Å². The van der Waals surface area contributed by atoms with Crippen molar-refractivity contribution in [1.82, 2.24) is 5.32 Å². The van der Waals surface area contributed by atoms with Crippen LogP contribution < -0.4 is 10.6 Å². The van der Waals surface area contributed by atoms with Gasteiger partial charge in [0, 0.05) is 24.4 Å². The number of furan rings is 1. The number of hydrogen-bond donors (Lipinski definition) is 2. The first-order valence-corrected chi connectivity index (χ1v) is 9.99. The van der Waals surface area contributed by atoms with E-state index in [1.807, 2.05) is 13.0 Å². The summed E-state index contributed by atoms with van der Waals surface area (Å²) in [5.74, 6) is -0.274. The van der Waals surface area contributed by atoms with E-state index in [0.29, 0.717) is 30.5 Å². The minimum absolute atomic E-state index is 0.161. The second kappa shape index (κ2) is 10.1. The quantitative estimate of drug-likeness (QED) is 0.665. The summed E-state index contributed by atoms with van der Waals surface area (Å²) in [5.41, 5.74) is 1.97. The maximum Gasteiger partial charge on any atom is 0.291 e. The third-order valence-corrected chi connectivity index (χ3v) is 5.01. The molecule has 28 heavy (non-hydrogen) atoms. The van der Waals surface area contributed by atoms with E-state index in [1.165, 1.54) is 25.5 Å². The predicted octanol–water partition coefficient (Wildman–Crippen LogP) is 4.31. The number of rotatable bonds is 8. The molecule has 3 rings (SSSR count). The van der Waals surface area contributed by atoms with Crippen molar-refractivity contribution in [2.45, 2.75) is 51.6 Å². The number of amides is 2. The van der Waals surface area contributed by atoms with Gasteiger partial charge in [-0.05, 0) is 56.0 Å². The zero-order chi connectivity index (χ0) is 19.8. The van der Waals surface area contributed by atoms with Crippen LogP contribution in [0.4, 0.5) is 5.69 Å². The number of ether oxygens (including phenoxy) is 1. The standard InChI is InChI=1S/C22H28N2O4/c1-16-10-11-17(15-19(16)24-22(26)20-9-5-13-28-20)21(25)23-12-6-14-27-18-7-3-2-4-8-18/h5,9-11,13,15,18H,2-4,6-8,12,14H2,1H3,(H,23,25)(H,24,26). The van der Waals surface area contributed by atoms with E-state index in [4.69, 9.17) is 9.15 Å². The minimum Gasteiger partial charge on any atom is -0.459 e. The maximum atomic E-state index is 12.4. The van der Waals surface area contributed by atoms with Crippen LogP contribution in [0, 0.1) is 6.92 Å². The van der Waals surface area contributed by atoms with Gasteiger partial charge in [0.1, 0.15) is 0 Å². The van der Waals surface area contributed by atoms with Gasteiger partial charge >= 0.3 is 0 Å². The first-order valence-electron chi connectivity index (χ1n) is 9.99. The molecule has 0 atom stereocenters. The molecule has 1 saturated carbocycles. The summed E-state index contributed by atoms with van der Waals surface area (Å²) >= 11 is 0. The van der Waals surface area contributed by atoms with Crippen LogP contribution in [0.15, 0.2) is 41.0 Å². The lowest BCUT2D eigenvalue weighted by Crippen LogP contribution is -2.26. The molecule has 1 aliphatic rings. The molecule has 6 nitrogen and oxygen atoms in total. The number of hydrogen-bond acceptors (Lipinski definition) is 4. The molecule has 1 aromatic carbocycles. The third-order valence-electron chi connectivity index (χ3n) is 5.01. The number of carbonyl (C=O) groups excluding carboxylic acids is 2. The van der Waals surface area contributed by atoms with Crippen LogP contribution >= 0.6 is 0 Å². The SMILES string of the molecule is Cc1ccc(C(=O)NCCCOC2CCCCC2)cc1NC(=O)c1ccco1. The number of carbonyl (C=O) groups is 2. The smallest absolute Gasteiger partial charge is 0.291 e. The van der Waals surface area contributed by atoms with E-state index >= 15 is 0 Å². The second-order valence-electron chi connectivity index (χ2n) is 7.20. The van der Waals surface area contributed by atoms with Gasteiger partial charge in [-0.1, -0.05) is 25.3 Å². The summed E-state index contributed by atoms with van der Waals surface area (Å²) in [6.07, 6.45) is 8.77. The normalized spacial score (nSPS) is 14.6. The molecule has 2 aromatic rings. The molecular formula is C22H28N2O4. The van der Waals surface area contributed by atoms with Gasteiger partial charge in [0.25, 0.3) is 11.8 Å². The van der Waals surface area contributed by atoms with E-state index in [1.54, 1.807) is 24.3 Å². The Morgan fingerprint density at radius 3 is 2.71 bits per heavy atom. The van der Waals surface area contributed by atoms with Gasteiger partial charge in [0.15, 0.2) is 5.76 Å². The Balaban J connectivity index is 1.46. The van der Waals surface area contributed by atoms with Crippen molar-refractivity contribution in [1.29, 1.82) is 0 Å². The molecule has 2 N–H and O–H groups in total. The highest BCUT2D eigenvalue weighted by atomic mass is 16.5. The fraction of sp³-hybridized carbons (Fsp3) is 0.455. The molecule has 1 aliphatic carbocycles. The fourth-order valence-electron chi connectivity index (χ4n) is 3.35. The molecule has 1 heterocycles. The van der Waals surface area contributed by atoms with Crippen LogP contribution in [0.3, 0.4) is 0 Å². The van der Waals surface area contributed by atoms with E-state index in [-0.39, 0.29) is 17.6 Å². The van der Waals surface area contributed by atoms with Crippen molar-refractivity contribution < 1.29 is 18.7 Å². The molecule has 6 heteroatoms. The predicted molar refractivity (Wildman–Crippen MR) is 108 cm³/mol. The average molecular weight is 384 g/mol. The monoisotopic (exact) mass is 384 g/mol. The molecule has 0 radical (unpaired) electrons. The first-order chi connectivity index (χ1) is 13.6. The summed E-state index contributed by atoms with van der Waals surface area (Å²) in [7, 11) is 0. The average Bonchev–Trinajstić information content (AvgIpc) is 3.25. The van der Waals surface area contributed by atoms with Gasteiger partial charge in [0.05, 0.1) is 12.4 Å². The van der Waals surface area contributed by atoms with Crippen LogP contribution in [-0.2, 0) is 4.74 Å². The molecule has 0 aliphatic heterocycles. The van der Waals surface area contributed by atoms with Gasteiger partial charge in [0.2, 0.25) is 0 Å². The van der Waals surface area contributed by atoms with Crippen molar-refractivity contribution >= 4 is 17.5 Å². The van der Waals surface area contributed by atoms with Crippen molar-refractivity contribution in [3.05, 3.63) is 53.5 Å². The van der Waals surface area contributed by atoms with Crippen LogP contribution in [0.2, 0.25) is 0 Å². The Labute approximate surface area is 165 Å². The second-order valence-corrected chi connectivity index (χ2v) is 7.20. The van der Waals surface area contributed by atoms with Crippen LogP contribution in [0.5, 0.6) is 0 Å². The van der Waals surface area contributed by atoms with Crippen LogP contribution in [0.1, 0.15) is 65.0 Å². The summed E-state index contributed by atoms with van der Waals surface area (Å²) in [4.78, 5) is 24.6. The molecule has 0 unspecified atom stereocenters. The minimum atomic E-state index is -0.342. The molecule has 1 aromatic heterocycles. The van der Waals surface area contributed by atoms with Crippen molar-refractivity contribution in [2.75, 3.05) is 18.5 Å². The fourth-order valence-corrected chi connectivity index (χ4v) is 3.35. The lowest BCUT2D eigenvalue weighted by atomic mass is 9.98. The lowest BCUT2D eigenvalue weighted by molar-refractivity contribution is 0.0273. The van der Waals surface area contributed by atoms with Crippen molar-refractivity contribution in [3.63, 3.8) is 0 Å². The highest BCUT2D eigenvalue weighted by Crippen LogP contribution is 2.20. The van der Waals surface area contributed by atoms with E-state index in [0.717, 1.165) is 24.8 Å². The molecular weight excluding hydrogens is 356 g/mol. The zero-order valence-corrected chi connectivity index (χ0v) is 16.3. The first kappa shape index (κ1) is 20.1. The van der Waals surface area contributed by atoms with Gasteiger partial charge in [-0.3, -0.25) is 9.59 Å². The Kier molecular flexibility index (Phi) is 7.25. The van der Waals surface area contributed by atoms with Crippen molar-refractivity contribution in [2.24, 2.45) is 0 Å². The summed E-state index contributed by atoms with van der Waals surface area (Å²) in [6.45, 7) is 3.11. The lowest BCUT2D eigenvalue weighted by Gasteiger charge is -2.21. The molecule has 150 valence electrons. The van der Waals surface area contributed by atoms with E-state index in [9.17, 15) is 9.59 Å². The number of nitrogens with one attached hydrogen (secondary N) is 2. The van der Waals surface area contributed by atoms with E-state index in [2.05, 4.69) is 10.6 Å². The van der Waals surface area contributed by atoms with E-state index < -0.39 is 0 Å². The third kappa shape index (κ3) is 5.70. The summed E-state index contributed by atoms with van der Waals surface area (Å²) in [6, 6.07) is 8.51. The van der Waals surface area contributed by atoms with Crippen molar-refractivity contribution in [3.8, 4) is 0 Å². The molecule has 0 saturated heterocycles. The molecule has 0 spiro atoms.